The molecule has 0 bridgehead atoms. The molecule has 1 unspecified atom stereocenters. The lowest BCUT2D eigenvalue weighted by molar-refractivity contribution is -0.197. The van der Waals surface area contributed by atoms with Crippen molar-refractivity contribution in [3.8, 4) is 0 Å². The van der Waals surface area contributed by atoms with Gasteiger partial charge in [0, 0.05) is 12.3 Å². The van der Waals surface area contributed by atoms with Gasteiger partial charge in [-0.15, -0.1) is 0 Å². The van der Waals surface area contributed by atoms with Crippen molar-refractivity contribution in [2.45, 2.75) is 57.5 Å². The Morgan fingerprint density at radius 3 is 2.65 bits per heavy atom. The molecule has 2 fully saturated rings. The number of fused-ring (bicyclic) bond motifs is 1. The first-order chi connectivity index (χ1) is 9.41. The zero-order valence-corrected chi connectivity index (χ0v) is 11.7. The normalized spacial score (nSPS) is 35.1. The molecule has 2 saturated heterocycles. The van der Waals surface area contributed by atoms with Crippen LogP contribution >= 0.6 is 0 Å². The lowest BCUT2D eigenvalue weighted by Crippen LogP contribution is -2.37. The first-order valence-electron chi connectivity index (χ1n) is 6.74. The Morgan fingerprint density at radius 1 is 1.30 bits per heavy atom. The molecule has 1 N–H and O–H groups in total. The fourth-order valence-electron chi connectivity index (χ4n) is 2.84. The summed E-state index contributed by atoms with van der Waals surface area (Å²) in [7, 11) is 0. The van der Waals surface area contributed by atoms with Crippen molar-refractivity contribution in [2.24, 2.45) is 0 Å². The Labute approximate surface area is 115 Å². The Bertz CT molecular complexity index is 620. The minimum Gasteiger partial charge on any atom is -0.349 e. The van der Waals surface area contributed by atoms with Crippen LogP contribution in [0.25, 0.3) is 0 Å². The maximum Gasteiger partial charge on any atom is 0.330 e. The Hall–Kier alpha value is -1.44. The highest BCUT2D eigenvalue weighted by Gasteiger charge is 2.55. The SMILES string of the molecule is CC[C@H]1O[C@@H](n2ccc(=O)[nH]c2=O)C2OC(C)(C)O[C@H]21. The molecule has 7 nitrogen and oxygen atoms in total. The number of aromatic nitrogens is 2. The number of nitrogens with zero attached hydrogens (tertiary/aromatic N) is 1. The average Bonchev–Trinajstić information content (AvgIpc) is 2.83. The molecule has 7 heteroatoms. The second-order valence-electron chi connectivity index (χ2n) is 5.56. The highest BCUT2D eigenvalue weighted by molar-refractivity contribution is 4.98. The molecular weight excluding hydrogens is 264 g/mol. The molecule has 0 spiro atoms. The molecule has 3 heterocycles. The Morgan fingerprint density at radius 2 is 2.00 bits per heavy atom. The van der Waals surface area contributed by atoms with Gasteiger partial charge >= 0.3 is 5.69 Å². The van der Waals surface area contributed by atoms with Gasteiger partial charge in [-0.25, -0.2) is 4.79 Å². The molecule has 0 amide bonds. The molecule has 3 rings (SSSR count). The van der Waals surface area contributed by atoms with Crippen LogP contribution in [0.15, 0.2) is 21.9 Å². The fraction of sp³-hybridized carbons (Fsp3) is 0.692. The van der Waals surface area contributed by atoms with Gasteiger partial charge in [-0.05, 0) is 20.3 Å². The molecule has 0 radical (unpaired) electrons. The van der Waals surface area contributed by atoms with Gasteiger partial charge in [0.1, 0.15) is 12.2 Å². The van der Waals surface area contributed by atoms with Crippen molar-refractivity contribution >= 4 is 0 Å². The summed E-state index contributed by atoms with van der Waals surface area (Å²) in [6.07, 6.45) is 0.893. The van der Waals surface area contributed by atoms with Gasteiger partial charge in [0.05, 0.1) is 6.10 Å². The van der Waals surface area contributed by atoms with Gasteiger partial charge < -0.3 is 14.2 Å². The van der Waals surface area contributed by atoms with Gasteiger partial charge in [0.15, 0.2) is 12.0 Å². The summed E-state index contributed by atoms with van der Waals surface area (Å²) in [4.78, 5) is 25.3. The minimum absolute atomic E-state index is 0.134. The highest BCUT2D eigenvalue weighted by Crippen LogP contribution is 2.43. The Balaban J connectivity index is 1.98. The van der Waals surface area contributed by atoms with Crippen molar-refractivity contribution in [3.63, 3.8) is 0 Å². The molecule has 0 saturated carbocycles. The summed E-state index contributed by atoms with van der Waals surface area (Å²) >= 11 is 0. The lowest BCUT2D eigenvalue weighted by atomic mass is 10.1. The summed E-state index contributed by atoms with van der Waals surface area (Å²) in [5, 5.41) is 0. The molecule has 4 atom stereocenters. The van der Waals surface area contributed by atoms with Crippen LogP contribution in [0.1, 0.15) is 33.4 Å². The predicted octanol–water partition coefficient (Wildman–Crippen LogP) is 0.364. The molecule has 1 aromatic rings. The molecule has 110 valence electrons. The third-order valence-corrected chi connectivity index (χ3v) is 3.65. The first kappa shape index (κ1) is 13.5. The number of hydrogen-bond donors (Lipinski definition) is 1. The van der Waals surface area contributed by atoms with Crippen LogP contribution in [0.2, 0.25) is 0 Å². The van der Waals surface area contributed by atoms with Crippen molar-refractivity contribution < 1.29 is 14.2 Å². The first-order valence-corrected chi connectivity index (χ1v) is 6.74. The zero-order chi connectivity index (χ0) is 14.5. The van der Waals surface area contributed by atoms with Gasteiger partial charge in [-0.3, -0.25) is 14.3 Å². The number of nitrogens with one attached hydrogen (secondary N) is 1. The zero-order valence-electron chi connectivity index (χ0n) is 11.7. The number of hydrogen-bond acceptors (Lipinski definition) is 5. The van der Waals surface area contributed by atoms with Crippen molar-refractivity contribution in [2.75, 3.05) is 0 Å². The van der Waals surface area contributed by atoms with Crippen molar-refractivity contribution in [3.05, 3.63) is 33.1 Å². The van der Waals surface area contributed by atoms with E-state index in [4.69, 9.17) is 14.2 Å². The molecular formula is C13H18N2O5. The number of H-pyrrole nitrogens is 1. The van der Waals surface area contributed by atoms with Gasteiger partial charge in [-0.2, -0.15) is 0 Å². The van der Waals surface area contributed by atoms with E-state index in [1.165, 1.54) is 16.8 Å². The predicted molar refractivity (Wildman–Crippen MR) is 69.3 cm³/mol. The molecule has 0 aromatic carbocycles. The van der Waals surface area contributed by atoms with Crippen LogP contribution in [0, 0.1) is 0 Å². The van der Waals surface area contributed by atoms with E-state index in [1.54, 1.807) is 0 Å². The fourth-order valence-corrected chi connectivity index (χ4v) is 2.84. The molecule has 2 aliphatic heterocycles. The van der Waals surface area contributed by atoms with Gasteiger partial charge in [-0.1, -0.05) is 6.92 Å². The number of aromatic amines is 1. The summed E-state index contributed by atoms with van der Waals surface area (Å²) in [6.45, 7) is 5.67. The maximum atomic E-state index is 11.9. The second kappa shape index (κ2) is 4.54. The minimum atomic E-state index is -0.698. The van der Waals surface area contributed by atoms with E-state index in [-0.39, 0.29) is 18.3 Å². The molecule has 2 aliphatic rings. The number of rotatable bonds is 2. The lowest BCUT2D eigenvalue weighted by Gasteiger charge is -2.24. The van der Waals surface area contributed by atoms with E-state index < -0.39 is 23.3 Å². The third kappa shape index (κ3) is 2.11. The summed E-state index contributed by atoms with van der Waals surface area (Å²) < 4.78 is 18.9. The summed E-state index contributed by atoms with van der Waals surface area (Å²) in [5.74, 6) is -0.698. The third-order valence-electron chi connectivity index (χ3n) is 3.65. The molecule has 1 aromatic heterocycles. The maximum absolute atomic E-state index is 11.9. The van der Waals surface area contributed by atoms with Crippen molar-refractivity contribution in [1.29, 1.82) is 0 Å². The summed E-state index contributed by atoms with van der Waals surface area (Å²) in [6, 6.07) is 1.29. The number of ether oxygens (including phenoxy) is 3. The van der Waals surface area contributed by atoms with Crippen LogP contribution in [0.4, 0.5) is 0 Å². The van der Waals surface area contributed by atoms with Gasteiger partial charge in [0.25, 0.3) is 5.56 Å². The monoisotopic (exact) mass is 282 g/mol. The van der Waals surface area contributed by atoms with Crippen LogP contribution < -0.4 is 11.2 Å². The quantitative estimate of drug-likeness (QED) is 0.847. The van der Waals surface area contributed by atoms with E-state index in [1.807, 2.05) is 20.8 Å². The van der Waals surface area contributed by atoms with E-state index >= 15 is 0 Å². The standard InChI is InChI=1S/C13H18N2O5/c1-4-7-9-10(20-13(2,3)19-9)11(18-7)15-6-5-8(16)14-12(15)17/h5-7,9-11H,4H2,1-3H3,(H,14,16,17)/t7-,9+,10?,11-/m1/s1. The van der Waals surface area contributed by atoms with Crippen LogP contribution in [-0.2, 0) is 14.2 Å². The van der Waals surface area contributed by atoms with E-state index in [0.717, 1.165) is 6.42 Å². The highest BCUT2D eigenvalue weighted by atomic mass is 16.8. The van der Waals surface area contributed by atoms with Crippen molar-refractivity contribution in [1.82, 2.24) is 9.55 Å². The average molecular weight is 282 g/mol. The van der Waals surface area contributed by atoms with Gasteiger partial charge in [0.2, 0.25) is 0 Å². The van der Waals surface area contributed by atoms with Crippen LogP contribution in [0.5, 0.6) is 0 Å². The Kier molecular flexibility index (Phi) is 3.07. The van der Waals surface area contributed by atoms with Crippen LogP contribution in [0.3, 0.4) is 0 Å². The van der Waals surface area contributed by atoms with E-state index in [9.17, 15) is 9.59 Å². The molecule has 20 heavy (non-hydrogen) atoms. The summed E-state index contributed by atoms with van der Waals surface area (Å²) in [5.41, 5.74) is -0.942. The largest absolute Gasteiger partial charge is 0.349 e. The second-order valence-corrected chi connectivity index (χ2v) is 5.56. The van der Waals surface area contributed by atoms with Crippen LogP contribution in [-0.4, -0.2) is 33.7 Å². The smallest absolute Gasteiger partial charge is 0.330 e. The van der Waals surface area contributed by atoms with E-state index in [2.05, 4.69) is 4.98 Å². The van der Waals surface area contributed by atoms with E-state index in [0.29, 0.717) is 0 Å². The topological polar surface area (TPSA) is 82.6 Å². The molecule has 0 aliphatic carbocycles.